The first kappa shape index (κ1) is 14.0. The maximum Gasteiger partial charge on any atom is 0.147 e. The third-order valence-electron chi connectivity index (χ3n) is 2.16. The van der Waals surface area contributed by atoms with E-state index in [1.807, 2.05) is 12.1 Å². The van der Waals surface area contributed by atoms with Gasteiger partial charge in [-0.05, 0) is 60.5 Å². The molecule has 4 nitrogen and oxygen atoms in total. The molecule has 0 amide bonds. The number of methoxy groups -OCH3 is 1. The molecule has 1 heterocycles. The Balaban J connectivity index is 2.38. The number of nitrogens with zero attached hydrogens (tertiary/aromatic N) is 2. The van der Waals surface area contributed by atoms with Crippen molar-refractivity contribution in [2.75, 3.05) is 12.4 Å². The minimum atomic E-state index is 0.754. The van der Waals surface area contributed by atoms with Gasteiger partial charge in [-0.15, -0.1) is 0 Å². The molecule has 1 aromatic heterocycles. The number of rotatable bonds is 3. The van der Waals surface area contributed by atoms with Gasteiger partial charge in [0, 0.05) is 16.7 Å². The highest BCUT2D eigenvalue weighted by molar-refractivity contribution is 14.1. The van der Waals surface area contributed by atoms with Crippen molar-refractivity contribution in [2.24, 2.45) is 0 Å². The topological polar surface area (TPSA) is 47.0 Å². The largest absolute Gasteiger partial charge is 0.495 e. The maximum atomic E-state index is 5.27. The van der Waals surface area contributed by atoms with Crippen molar-refractivity contribution < 1.29 is 4.74 Å². The fourth-order valence-corrected chi connectivity index (χ4v) is 3.00. The SMILES string of the molecule is COc1cc(Nc2ncncc2I)c(Br)cc1Br. The van der Waals surface area contributed by atoms with E-state index in [4.69, 9.17) is 4.74 Å². The Morgan fingerprint density at radius 1 is 1.28 bits per heavy atom. The molecular formula is C11H8Br2IN3O. The van der Waals surface area contributed by atoms with Gasteiger partial charge in [0.2, 0.25) is 0 Å². The molecule has 0 spiro atoms. The van der Waals surface area contributed by atoms with Crippen LogP contribution in [0.5, 0.6) is 5.75 Å². The van der Waals surface area contributed by atoms with Crippen molar-refractivity contribution in [3.05, 3.63) is 37.2 Å². The van der Waals surface area contributed by atoms with E-state index < -0.39 is 0 Å². The Bertz CT molecular complexity index is 580. The molecule has 0 saturated heterocycles. The lowest BCUT2D eigenvalue weighted by atomic mass is 10.3. The fraction of sp³-hybridized carbons (Fsp3) is 0.0909. The van der Waals surface area contributed by atoms with Crippen molar-refractivity contribution in [3.8, 4) is 5.75 Å². The van der Waals surface area contributed by atoms with Crippen LogP contribution in [0.1, 0.15) is 0 Å². The molecule has 1 aromatic carbocycles. The second-order valence-corrected chi connectivity index (χ2v) is 6.18. The first-order chi connectivity index (χ1) is 8.61. The van der Waals surface area contributed by atoms with Crippen LogP contribution in [0.25, 0.3) is 0 Å². The zero-order valence-corrected chi connectivity index (χ0v) is 14.6. The molecule has 0 fully saturated rings. The normalized spacial score (nSPS) is 10.2. The van der Waals surface area contributed by atoms with Crippen LogP contribution in [0.15, 0.2) is 33.6 Å². The quantitative estimate of drug-likeness (QED) is 0.658. The van der Waals surface area contributed by atoms with Gasteiger partial charge in [0.1, 0.15) is 17.9 Å². The molecule has 0 saturated carbocycles. The van der Waals surface area contributed by atoms with E-state index in [9.17, 15) is 0 Å². The van der Waals surface area contributed by atoms with Gasteiger partial charge in [-0.3, -0.25) is 0 Å². The predicted molar refractivity (Wildman–Crippen MR) is 86.4 cm³/mol. The number of aromatic nitrogens is 2. The number of halogens is 3. The number of anilines is 2. The van der Waals surface area contributed by atoms with E-state index in [0.29, 0.717) is 0 Å². The molecule has 18 heavy (non-hydrogen) atoms. The summed E-state index contributed by atoms with van der Waals surface area (Å²) in [5.41, 5.74) is 0.881. The summed E-state index contributed by atoms with van der Waals surface area (Å²) in [6.45, 7) is 0. The van der Waals surface area contributed by atoms with Gasteiger partial charge in [-0.2, -0.15) is 0 Å². The van der Waals surface area contributed by atoms with Gasteiger partial charge in [-0.25, -0.2) is 9.97 Å². The summed E-state index contributed by atoms with van der Waals surface area (Å²) < 4.78 is 8.02. The van der Waals surface area contributed by atoms with Crippen LogP contribution in [0.4, 0.5) is 11.5 Å². The van der Waals surface area contributed by atoms with Crippen LogP contribution in [-0.2, 0) is 0 Å². The first-order valence-corrected chi connectivity index (χ1v) is 7.54. The van der Waals surface area contributed by atoms with Crippen molar-refractivity contribution in [3.63, 3.8) is 0 Å². The molecule has 94 valence electrons. The highest BCUT2D eigenvalue weighted by Crippen LogP contribution is 2.36. The molecule has 7 heteroatoms. The number of hydrogen-bond donors (Lipinski definition) is 1. The summed E-state index contributed by atoms with van der Waals surface area (Å²) in [5.74, 6) is 1.51. The summed E-state index contributed by atoms with van der Waals surface area (Å²) in [7, 11) is 1.63. The van der Waals surface area contributed by atoms with Crippen LogP contribution < -0.4 is 10.1 Å². The Hall–Kier alpha value is -0.410. The number of ether oxygens (including phenoxy) is 1. The third kappa shape index (κ3) is 3.12. The molecule has 2 aromatic rings. The standard InChI is InChI=1S/C11H8Br2IN3O/c1-18-10-3-9(6(12)2-7(10)13)17-11-8(14)4-15-5-16-11/h2-5H,1H3,(H,15,16,17). The van der Waals surface area contributed by atoms with Crippen molar-refractivity contribution >= 4 is 66.0 Å². The van der Waals surface area contributed by atoms with Gasteiger partial charge in [0.15, 0.2) is 0 Å². The number of benzene rings is 1. The van der Waals surface area contributed by atoms with Gasteiger partial charge >= 0.3 is 0 Å². The average Bonchev–Trinajstić information content (AvgIpc) is 2.35. The molecule has 0 radical (unpaired) electrons. The summed E-state index contributed by atoms with van der Waals surface area (Å²) in [6, 6.07) is 3.82. The maximum absolute atomic E-state index is 5.27. The second-order valence-electron chi connectivity index (χ2n) is 3.31. The molecule has 0 atom stereocenters. The van der Waals surface area contributed by atoms with Gasteiger partial charge in [0.25, 0.3) is 0 Å². The number of nitrogens with one attached hydrogen (secondary N) is 1. The van der Waals surface area contributed by atoms with Crippen LogP contribution >= 0.6 is 54.5 Å². The molecule has 0 aliphatic rings. The molecule has 0 bridgehead atoms. The van der Waals surface area contributed by atoms with Gasteiger partial charge in [0.05, 0.1) is 20.8 Å². The highest BCUT2D eigenvalue weighted by Gasteiger charge is 2.09. The molecule has 0 aliphatic carbocycles. The van der Waals surface area contributed by atoms with Crippen molar-refractivity contribution in [1.29, 1.82) is 0 Å². The Morgan fingerprint density at radius 3 is 2.72 bits per heavy atom. The van der Waals surface area contributed by atoms with E-state index in [1.165, 1.54) is 6.33 Å². The molecule has 0 unspecified atom stereocenters. The van der Waals surface area contributed by atoms with E-state index in [-0.39, 0.29) is 0 Å². The smallest absolute Gasteiger partial charge is 0.147 e. The summed E-state index contributed by atoms with van der Waals surface area (Å²) in [5, 5.41) is 3.24. The average molecular weight is 485 g/mol. The minimum Gasteiger partial charge on any atom is -0.495 e. The van der Waals surface area contributed by atoms with Crippen LogP contribution in [0.2, 0.25) is 0 Å². The monoisotopic (exact) mass is 483 g/mol. The molecule has 0 aliphatic heterocycles. The van der Waals surface area contributed by atoms with Crippen molar-refractivity contribution in [2.45, 2.75) is 0 Å². The Morgan fingerprint density at radius 2 is 2.06 bits per heavy atom. The van der Waals surface area contributed by atoms with E-state index in [2.05, 4.69) is 69.7 Å². The highest BCUT2D eigenvalue weighted by atomic mass is 127. The zero-order valence-electron chi connectivity index (χ0n) is 9.25. The Labute approximate surface area is 135 Å². The van der Waals surface area contributed by atoms with Crippen LogP contribution in [-0.4, -0.2) is 17.1 Å². The van der Waals surface area contributed by atoms with Crippen molar-refractivity contribution in [1.82, 2.24) is 9.97 Å². The summed E-state index contributed by atoms with van der Waals surface area (Å²) >= 11 is 9.11. The third-order valence-corrected chi connectivity index (χ3v) is 4.23. The van der Waals surface area contributed by atoms with E-state index in [1.54, 1.807) is 13.3 Å². The summed E-state index contributed by atoms with van der Waals surface area (Å²) in [4.78, 5) is 8.14. The van der Waals surface area contributed by atoms with Gasteiger partial charge < -0.3 is 10.1 Å². The fourth-order valence-electron chi connectivity index (χ4n) is 1.31. The lowest BCUT2D eigenvalue weighted by Gasteiger charge is -2.12. The molecular weight excluding hydrogens is 477 g/mol. The lowest BCUT2D eigenvalue weighted by Crippen LogP contribution is -1.98. The predicted octanol–water partition coefficient (Wildman–Crippen LogP) is 4.36. The summed E-state index contributed by atoms with van der Waals surface area (Å²) in [6.07, 6.45) is 3.26. The van der Waals surface area contributed by atoms with E-state index in [0.717, 1.165) is 29.8 Å². The van der Waals surface area contributed by atoms with Crippen LogP contribution in [0.3, 0.4) is 0 Å². The second kappa shape index (κ2) is 6.16. The number of hydrogen-bond acceptors (Lipinski definition) is 4. The Kier molecular flexibility index (Phi) is 4.79. The van der Waals surface area contributed by atoms with E-state index >= 15 is 0 Å². The lowest BCUT2D eigenvalue weighted by molar-refractivity contribution is 0.412. The molecule has 2 rings (SSSR count). The van der Waals surface area contributed by atoms with Crippen LogP contribution in [0, 0.1) is 3.57 Å². The zero-order chi connectivity index (χ0) is 13.1. The molecule has 1 N–H and O–H groups in total. The minimum absolute atomic E-state index is 0.754. The first-order valence-electron chi connectivity index (χ1n) is 4.87. The van der Waals surface area contributed by atoms with Gasteiger partial charge in [-0.1, -0.05) is 0 Å².